The second-order valence-electron chi connectivity index (χ2n) is 5.00. The van der Waals surface area contributed by atoms with Gasteiger partial charge in [0.25, 0.3) is 0 Å². The lowest BCUT2D eigenvalue weighted by molar-refractivity contribution is 0.385. The van der Waals surface area contributed by atoms with Gasteiger partial charge in [0.2, 0.25) is 0 Å². The molecule has 1 nitrogen and oxygen atoms in total. The predicted octanol–water partition coefficient (Wildman–Crippen LogP) is 6.43. The lowest BCUT2D eigenvalue weighted by atomic mass is 9.91. The van der Waals surface area contributed by atoms with Crippen LogP contribution in [0.5, 0.6) is 0 Å². The molecule has 0 spiro atoms. The molecule has 0 atom stereocenters. The highest BCUT2D eigenvalue weighted by Gasteiger charge is 2.05. The third kappa shape index (κ3) is 15.2. The van der Waals surface area contributed by atoms with E-state index in [9.17, 15) is 4.39 Å². The molecule has 2 N–H and O–H groups in total. The molecule has 130 valence electrons. The van der Waals surface area contributed by atoms with Crippen molar-refractivity contribution in [3.05, 3.63) is 48.3 Å². The van der Waals surface area contributed by atoms with Gasteiger partial charge in [0.05, 0.1) is 0 Å². The van der Waals surface area contributed by atoms with E-state index >= 15 is 0 Å². The monoisotopic (exact) mass is 311 g/mol. The minimum Gasteiger partial charge on any atom is -0.333 e. The van der Waals surface area contributed by atoms with Crippen LogP contribution in [0.25, 0.3) is 0 Å². The van der Waals surface area contributed by atoms with Gasteiger partial charge in [-0.25, -0.2) is 4.39 Å². The summed E-state index contributed by atoms with van der Waals surface area (Å²) in [5, 5.41) is 0. The van der Waals surface area contributed by atoms with Crippen molar-refractivity contribution >= 4 is 0 Å². The van der Waals surface area contributed by atoms with Gasteiger partial charge in [-0.15, -0.1) is 13.2 Å². The number of aryl methyl sites for hydroxylation is 2. The van der Waals surface area contributed by atoms with Crippen LogP contribution in [0.1, 0.15) is 64.0 Å². The summed E-state index contributed by atoms with van der Waals surface area (Å²) in [5.74, 6) is 0.920. The van der Waals surface area contributed by atoms with Crippen LogP contribution in [0.4, 0.5) is 4.39 Å². The van der Waals surface area contributed by atoms with E-state index in [1.807, 2.05) is 26.8 Å². The predicted molar refractivity (Wildman–Crippen MR) is 101 cm³/mol. The maximum atomic E-state index is 12.6. The Bertz CT molecular complexity index is 330. The van der Waals surface area contributed by atoms with Crippen LogP contribution in [-0.2, 0) is 0 Å². The molecule has 0 aliphatic heterocycles. The number of rotatable bonds is 0. The van der Waals surface area contributed by atoms with Crippen LogP contribution in [0, 0.1) is 25.6 Å². The van der Waals surface area contributed by atoms with E-state index in [2.05, 4.69) is 25.8 Å². The fourth-order valence-corrected chi connectivity index (χ4v) is 2.00. The fraction of sp³-hybridized carbons (Fsp3) is 0.600. The Morgan fingerprint density at radius 2 is 1.45 bits per heavy atom. The molecule has 0 bridgehead atoms. The van der Waals surface area contributed by atoms with Crippen LogP contribution in [0.3, 0.4) is 0 Å². The quantitative estimate of drug-likeness (QED) is 0.549. The van der Waals surface area contributed by atoms with Gasteiger partial charge < -0.3 is 5.73 Å². The molecule has 0 heterocycles. The standard InChI is InChI=1S/C8H9F.C7H14.C2H6.C2H4.CH5N/c1-6-3-4-7(2)8(9)5-6;1-7-5-3-2-4-6-7;3*1-2/h3-5H,1-2H3;7H,2-6H2,1H3;1-2H3;1-2H2;2H2,1H3. The maximum Gasteiger partial charge on any atom is 0.126 e. The van der Waals surface area contributed by atoms with E-state index in [0.717, 1.165) is 11.5 Å². The summed E-state index contributed by atoms with van der Waals surface area (Å²) in [6.45, 7) is 16.0. The van der Waals surface area contributed by atoms with Gasteiger partial charge >= 0.3 is 0 Å². The first-order valence-corrected chi connectivity index (χ1v) is 8.40. The summed E-state index contributed by atoms with van der Waals surface area (Å²) in [7, 11) is 1.50. The van der Waals surface area contributed by atoms with Gasteiger partial charge in [0.1, 0.15) is 5.82 Å². The van der Waals surface area contributed by atoms with Gasteiger partial charge in [-0.05, 0) is 44.0 Å². The molecule has 1 aliphatic rings. The van der Waals surface area contributed by atoms with Gasteiger partial charge in [-0.3, -0.25) is 0 Å². The Balaban J connectivity index is -0.000000249. The van der Waals surface area contributed by atoms with E-state index in [-0.39, 0.29) is 5.82 Å². The van der Waals surface area contributed by atoms with Crippen LogP contribution >= 0.6 is 0 Å². The summed E-state index contributed by atoms with van der Waals surface area (Å²) in [5.41, 5.74) is 6.18. The van der Waals surface area contributed by atoms with E-state index in [1.54, 1.807) is 13.0 Å². The first-order chi connectivity index (χ1) is 10.6. The fourth-order valence-electron chi connectivity index (χ4n) is 2.00. The van der Waals surface area contributed by atoms with Crippen LogP contribution in [0.15, 0.2) is 31.4 Å². The minimum absolute atomic E-state index is 0.116. The molecule has 0 aromatic heterocycles. The van der Waals surface area contributed by atoms with E-state index in [1.165, 1.54) is 45.2 Å². The zero-order chi connectivity index (χ0) is 18.0. The highest BCUT2D eigenvalue weighted by atomic mass is 19.1. The largest absolute Gasteiger partial charge is 0.333 e. The first kappa shape index (κ1) is 25.8. The number of hydrogen-bond donors (Lipinski definition) is 1. The molecular formula is C20H38FN. The number of hydrogen-bond acceptors (Lipinski definition) is 1. The molecule has 1 aliphatic carbocycles. The minimum atomic E-state index is -0.116. The molecule has 1 aromatic carbocycles. The van der Waals surface area contributed by atoms with Crippen LogP contribution < -0.4 is 5.73 Å². The van der Waals surface area contributed by atoms with Crippen molar-refractivity contribution in [1.82, 2.24) is 0 Å². The molecule has 1 saturated carbocycles. The van der Waals surface area contributed by atoms with Crippen molar-refractivity contribution in [3.63, 3.8) is 0 Å². The third-order valence-electron chi connectivity index (χ3n) is 3.22. The third-order valence-corrected chi connectivity index (χ3v) is 3.22. The zero-order valence-corrected chi connectivity index (χ0v) is 15.7. The summed E-state index contributed by atoms with van der Waals surface area (Å²) in [4.78, 5) is 0. The number of nitrogens with two attached hydrogens (primary N) is 1. The molecular weight excluding hydrogens is 273 g/mol. The lowest BCUT2D eigenvalue weighted by Gasteiger charge is -2.15. The lowest BCUT2D eigenvalue weighted by Crippen LogP contribution is -1.99. The summed E-state index contributed by atoms with van der Waals surface area (Å²) in [6.07, 6.45) is 7.44. The zero-order valence-electron chi connectivity index (χ0n) is 15.7. The SMILES string of the molecule is C=C.CC.CC1CCCCC1.CN.Cc1ccc(C)c(F)c1. The Kier molecular flexibility index (Phi) is 23.3. The van der Waals surface area contributed by atoms with Gasteiger partial charge in [-0.1, -0.05) is 65.0 Å². The second-order valence-corrected chi connectivity index (χ2v) is 5.00. The summed E-state index contributed by atoms with van der Waals surface area (Å²) < 4.78 is 12.6. The van der Waals surface area contributed by atoms with Gasteiger partial charge in [0.15, 0.2) is 0 Å². The molecule has 1 aromatic rings. The topological polar surface area (TPSA) is 26.0 Å². The molecule has 0 unspecified atom stereocenters. The Morgan fingerprint density at radius 1 is 1.00 bits per heavy atom. The summed E-state index contributed by atoms with van der Waals surface area (Å²) >= 11 is 0. The molecule has 2 heteroatoms. The highest BCUT2D eigenvalue weighted by Crippen LogP contribution is 2.22. The van der Waals surface area contributed by atoms with Crippen molar-refractivity contribution in [2.24, 2.45) is 11.7 Å². The van der Waals surface area contributed by atoms with E-state index in [4.69, 9.17) is 0 Å². The maximum absolute atomic E-state index is 12.6. The van der Waals surface area contributed by atoms with Crippen molar-refractivity contribution in [1.29, 1.82) is 0 Å². The number of halogens is 1. The Labute approximate surface area is 138 Å². The molecule has 0 radical (unpaired) electrons. The van der Waals surface area contributed by atoms with Gasteiger partial charge in [0, 0.05) is 0 Å². The van der Waals surface area contributed by atoms with Crippen LogP contribution in [0.2, 0.25) is 0 Å². The highest BCUT2D eigenvalue weighted by molar-refractivity contribution is 5.21. The smallest absolute Gasteiger partial charge is 0.126 e. The van der Waals surface area contributed by atoms with E-state index in [0.29, 0.717) is 5.56 Å². The molecule has 2 rings (SSSR count). The molecule has 1 fully saturated rings. The Hall–Kier alpha value is -1.15. The summed E-state index contributed by atoms with van der Waals surface area (Å²) in [6, 6.07) is 5.22. The van der Waals surface area contributed by atoms with Crippen molar-refractivity contribution in [2.45, 2.75) is 66.7 Å². The first-order valence-electron chi connectivity index (χ1n) is 8.40. The normalized spacial score (nSPS) is 12.7. The molecule has 22 heavy (non-hydrogen) atoms. The van der Waals surface area contributed by atoms with Crippen molar-refractivity contribution in [3.8, 4) is 0 Å². The van der Waals surface area contributed by atoms with E-state index < -0.39 is 0 Å². The Morgan fingerprint density at radius 3 is 1.73 bits per heavy atom. The second kappa shape index (κ2) is 19.9. The van der Waals surface area contributed by atoms with Crippen molar-refractivity contribution < 1.29 is 4.39 Å². The van der Waals surface area contributed by atoms with Crippen molar-refractivity contribution in [2.75, 3.05) is 7.05 Å². The average Bonchev–Trinajstić information content (AvgIpc) is 2.58. The molecule has 0 saturated heterocycles. The van der Waals surface area contributed by atoms with Gasteiger partial charge in [-0.2, -0.15) is 0 Å². The average molecular weight is 312 g/mol. The molecule has 0 amide bonds. The van der Waals surface area contributed by atoms with Crippen LogP contribution in [-0.4, -0.2) is 7.05 Å². The number of benzene rings is 1.